The average molecular weight is 582 g/mol. The Bertz CT molecular complexity index is 1150. The van der Waals surface area contributed by atoms with Crippen molar-refractivity contribution in [3.63, 3.8) is 0 Å². The van der Waals surface area contributed by atoms with Crippen LogP contribution in [0.15, 0.2) is 54.6 Å². The highest BCUT2D eigenvalue weighted by molar-refractivity contribution is 6.55. The summed E-state index contributed by atoms with van der Waals surface area (Å²) in [5, 5.41) is 8.54. The Morgan fingerprint density at radius 2 is 1.57 bits per heavy atom. The van der Waals surface area contributed by atoms with Crippen molar-refractivity contribution >= 4 is 37.1 Å². The number of benzene rings is 2. The molecule has 0 saturated carbocycles. The number of ether oxygens (including phenoxy) is 2. The van der Waals surface area contributed by atoms with Gasteiger partial charge in [0.05, 0.1) is 12.3 Å². The van der Waals surface area contributed by atoms with E-state index in [2.05, 4.69) is 16.0 Å². The van der Waals surface area contributed by atoms with E-state index in [1.165, 1.54) is 7.85 Å². The molecule has 0 aromatic heterocycles. The van der Waals surface area contributed by atoms with Crippen molar-refractivity contribution in [1.29, 1.82) is 0 Å². The van der Waals surface area contributed by atoms with Crippen LogP contribution in [0.3, 0.4) is 0 Å². The molecular formula is C30H44BN5O6. The summed E-state index contributed by atoms with van der Waals surface area (Å²) >= 11 is 0. The fourth-order valence-corrected chi connectivity index (χ4v) is 4.17. The summed E-state index contributed by atoms with van der Waals surface area (Å²) in [5.74, 6) is -1.54. The average Bonchev–Trinajstić information content (AvgIpc) is 2.95. The van der Waals surface area contributed by atoms with Crippen LogP contribution in [0, 0.1) is 0 Å². The second-order valence-electron chi connectivity index (χ2n) is 10.7. The van der Waals surface area contributed by atoms with E-state index in [1.807, 2.05) is 44.2 Å². The van der Waals surface area contributed by atoms with E-state index in [1.54, 1.807) is 24.3 Å². The molecule has 0 unspecified atom stereocenters. The molecule has 0 bridgehead atoms. The monoisotopic (exact) mass is 581 g/mol. The van der Waals surface area contributed by atoms with E-state index in [0.717, 1.165) is 11.1 Å². The van der Waals surface area contributed by atoms with Gasteiger partial charge in [-0.25, -0.2) is 0 Å². The number of unbranched alkanes of at least 4 members (excludes halogenated alkanes) is 1. The largest absolute Gasteiger partial charge is 0.469 e. The Morgan fingerprint density at radius 1 is 0.881 bits per heavy atom. The number of anilines is 1. The summed E-state index contributed by atoms with van der Waals surface area (Å²) in [7, 11) is 1.34. The van der Waals surface area contributed by atoms with Crippen molar-refractivity contribution in [3.05, 3.63) is 65.7 Å². The highest BCUT2D eigenvalue weighted by Gasteiger charge is 2.28. The number of carbonyl (C=O) groups excluding carboxylic acids is 4. The van der Waals surface area contributed by atoms with E-state index in [9.17, 15) is 19.2 Å². The minimum atomic E-state index is -0.899. The van der Waals surface area contributed by atoms with Crippen LogP contribution in [0.4, 0.5) is 10.5 Å². The molecule has 228 valence electrons. The fourth-order valence-electron chi connectivity index (χ4n) is 4.17. The van der Waals surface area contributed by atoms with Gasteiger partial charge >= 0.3 is 0 Å². The highest BCUT2D eigenvalue weighted by Crippen LogP contribution is 2.16. The Balaban J connectivity index is 2.14. The van der Waals surface area contributed by atoms with Crippen molar-refractivity contribution in [1.82, 2.24) is 10.6 Å². The quantitative estimate of drug-likeness (QED) is 0.100. The third-order valence-corrected chi connectivity index (χ3v) is 6.61. The number of hydrogen-bond donors (Lipinski definition) is 5. The third kappa shape index (κ3) is 13.3. The van der Waals surface area contributed by atoms with Gasteiger partial charge in [0.15, 0.2) is 0 Å². The summed E-state index contributed by atoms with van der Waals surface area (Å²) in [4.78, 5) is 50.8. The zero-order valence-electron chi connectivity index (χ0n) is 24.8. The molecule has 2 aromatic carbocycles. The maximum absolute atomic E-state index is 13.5. The van der Waals surface area contributed by atoms with Gasteiger partial charge in [0.1, 0.15) is 18.7 Å². The van der Waals surface area contributed by atoms with Crippen LogP contribution < -0.4 is 27.4 Å². The molecule has 2 atom stereocenters. The predicted molar refractivity (Wildman–Crippen MR) is 164 cm³/mol. The normalized spacial score (nSPS) is 12.6. The second kappa shape index (κ2) is 17.9. The molecule has 0 spiro atoms. The second-order valence-corrected chi connectivity index (χ2v) is 10.7. The van der Waals surface area contributed by atoms with Crippen LogP contribution in [0.5, 0.6) is 0 Å². The van der Waals surface area contributed by atoms with Gasteiger partial charge in [0.2, 0.25) is 31.4 Å². The molecule has 0 radical (unpaired) electrons. The Kier molecular flexibility index (Phi) is 14.7. The van der Waals surface area contributed by atoms with Gasteiger partial charge in [-0.05, 0) is 69.3 Å². The van der Waals surface area contributed by atoms with Crippen LogP contribution in [0.1, 0.15) is 57.1 Å². The number of rotatable bonds is 18. The fraction of sp³-hybridized carbons (Fsp3) is 0.467. The van der Waals surface area contributed by atoms with E-state index in [4.69, 9.17) is 20.9 Å². The lowest BCUT2D eigenvalue weighted by atomic mass is 10.0. The summed E-state index contributed by atoms with van der Waals surface area (Å²) in [6.07, 6.45) is 2.49. The standard InChI is InChI=1S/C30H44BN5O6/c1-30(2,42-20-33)16-15-26(37)35-25(18-21-8-4-3-5-9-21)28(39)36-24(10-6-7-17-32)27(38)34-23-13-11-22(12-14-23)19-41-29(31)40/h3-5,8-9,11-14,24-25H,6-7,10,15-20,31-33H2,1-2H3,(H,34,38)(H,35,37)(H,36,39)/t24-,25-/m0/s1. The van der Waals surface area contributed by atoms with Gasteiger partial charge in [0.25, 0.3) is 0 Å². The minimum absolute atomic E-state index is 0.0414. The van der Waals surface area contributed by atoms with Crippen molar-refractivity contribution in [2.45, 2.75) is 76.7 Å². The molecule has 0 aliphatic rings. The van der Waals surface area contributed by atoms with Crippen LogP contribution in [0.25, 0.3) is 0 Å². The van der Waals surface area contributed by atoms with Crippen molar-refractivity contribution in [3.8, 4) is 0 Å². The van der Waals surface area contributed by atoms with Crippen LogP contribution in [-0.2, 0) is 36.9 Å². The van der Waals surface area contributed by atoms with Crippen molar-refractivity contribution < 1.29 is 28.7 Å². The van der Waals surface area contributed by atoms with Crippen molar-refractivity contribution in [2.24, 2.45) is 11.5 Å². The molecule has 11 nitrogen and oxygen atoms in total. The maximum Gasteiger partial charge on any atom is 0.246 e. The molecule has 42 heavy (non-hydrogen) atoms. The summed E-state index contributed by atoms with van der Waals surface area (Å²) < 4.78 is 10.5. The van der Waals surface area contributed by atoms with Crippen LogP contribution in [-0.4, -0.2) is 62.4 Å². The molecule has 7 N–H and O–H groups in total. The van der Waals surface area contributed by atoms with Gasteiger partial charge in [0, 0.05) is 18.5 Å². The smallest absolute Gasteiger partial charge is 0.246 e. The number of nitrogens with one attached hydrogen (secondary N) is 3. The van der Waals surface area contributed by atoms with E-state index >= 15 is 0 Å². The molecule has 0 saturated heterocycles. The summed E-state index contributed by atoms with van der Waals surface area (Å²) in [6.45, 7) is 4.33. The molecule has 12 heteroatoms. The Labute approximate surface area is 248 Å². The van der Waals surface area contributed by atoms with E-state index in [0.29, 0.717) is 37.9 Å². The molecule has 0 fully saturated rings. The first-order valence-electron chi connectivity index (χ1n) is 14.2. The lowest BCUT2D eigenvalue weighted by Crippen LogP contribution is -2.53. The topological polar surface area (TPSA) is 175 Å². The summed E-state index contributed by atoms with van der Waals surface area (Å²) in [5.41, 5.74) is 12.7. The highest BCUT2D eigenvalue weighted by atomic mass is 16.5. The number of amides is 3. The summed E-state index contributed by atoms with van der Waals surface area (Å²) in [6, 6.07) is 14.5. The molecule has 2 aromatic rings. The molecule has 2 rings (SSSR count). The predicted octanol–water partition coefficient (Wildman–Crippen LogP) is 1.73. The first kappa shape index (κ1) is 34.5. The zero-order valence-corrected chi connectivity index (χ0v) is 24.8. The van der Waals surface area contributed by atoms with E-state index < -0.39 is 29.5 Å². The molecule has 0 heterocycles. The lowest BCUT2D eigenvalue weighted by Gasteiger charge is -2.26. The van der Waals surface area contributed by atoms with Gasteiger partial charge < -0.3 is 36.9 Å². The SMILES string of the molecule is BC(=O)OCc1ccc(NC(=O)[C@H](CCCCN)NC(=O)[C@H](Cc2ccccc2)NC(=O)CCC(C)(C)OCN)cc1. The third-order valence-electron chi connectivity index (χ3n) is 6.61. The lowest BCUT2D eigenvalue weighted by molar-refractivity contribution is -0.131. The number of carbonyl (C=O) groups is 4. The maximum atomic E-state index is 13.5. The molecule has 3 amide bonds. The van der Waals surface area contributed by atoms with Gasteiger partial charge in [-0.3, -0.25) is 19.2 Å². The first-order valence-corrected chi connectivity index (χ1v) is 14.2. The van der Waals surface area contributed by atoms with Gasteiger partial charge in [-0.15, -0.1) is 0 Å². The minimum Gasteiger partial charge on any atom is -0.469 e. The molecule has 0 aliphatic carbocycles. The number of nitrogens with two attached hydrogens (primary N) is 2. The molecule has 0 aliphatic heterocycles. The number of hydrogen-bond acceptors (Lipinski definition) is 8. The Hall–Kier alpha value is -3.74. The zero-order chi connectivity index (χ0) is 31.0. The van der Waals surface area contributed by atoms with Gasteiger partial charge in [-0.2, -0.15) is 0 Å². The first-order chi connectivity index (χ1) is 20.0. The van der Waals surface area contributed by atoms with E-state index in [-0.39, 0.29) is 38.0 Å². The van der Waals surface area contributed by atoms with Crippen molar-refractivity contribution in [2.75, 3.05) is 18.6 Å². The van der Waals surface area contributed by atoms with Crippen LogP contribution >= 0.6 is 0 Å². The van der Waals surface area contributed by atoms with Crippen LogP contribution in [0.2, 0.25) is 0 Å². The molecular weight excluding hydrogens is 537 g/mol. The van der Waals surface area contributed by atoms with Gasteiger partial charge in [-0.1, -0.05) is 42.5 Å². The Morgan fingerprint density at radius 3 is 2.19 bits per heavy atom.